The van der Waals surface area contributed by atoms with E-state index >= 15 is 0 Å². The van der Waals surface area contributed by atoms with Crippen molar-refractivity contribution in [3.63, 3.8) is 0 Å². The summed E-state index contributed by atoms with van der Waals surface area (Å²) in [6.07, 6.45) is -0.806. The molecule has 0 bridgehead atoms. The number of rotatable bonds is 8. The van der Waals surface area contributed by atoms with Gasteiger partial charge in [-0.2, -0.15) is 0 Å². The fraction of sp³-hybridized carbons (Fsp3) is 0.267. The minimum Gasteiger partial charge on any atom is -0.497 e. The highest BCUT2D eigenvalue weighted by Gasteiger charge is 2.25. The van der Waals surface area contributed by atoms with E-state index in [1.165, 1.54) is 25.3 Å². The molecule has 1 N–H and O–H groups in total. The van der Waals surface area contributed by atoms with Gasteiger partial charge in [0.2, 0.25) is 0 Å². The molecule has 3 aromatic carbocycles. The Kier molecular flexibility index (Phi) is 8.74. The summed E-state index contributed by atoms with van der Waals surface area (Å²) in [4.78, 5) is 53.9. The van der Waals surface area contributed by atoms with Crippen LogP contribution < -0.4 is 27.1 Å². The van der Waals surface area contributed by atoms with Crippen LogP contribution in [0.2, 0.25) is 0 Å². The summed E-state index contributed by atoms with van der Waals surface area (Å²) in [6, 6.07) is 16.7. The number of hydrogen-bond donors (Lipinski definition) is 1. The first-order chi connectivity index (χ1) is 19.9. The van der Waals surface area contributed by atoms with Gasteiger partial charge in [0.05, 0.1) is 31.9 Å². The summed E-state index contributed by atoms with van der Waals surface area (Å²) in [5.74, 6) is -1.63. The topological polar surface area (TPSA) is 114 Å². The lowest BCUT2D eigenvalue weighted by molar-refractivity contribution is 0.0497. The van der Waals surface area contributed by atoms with Gasteiger partial charge in [-0.25, -0.2) is 41.7 Å². The Balaban J connectivity index is 1.93. The average molecular weight is 581 g/mol. The van der Waals surface area contributed by atoms with Gasteiger partial charge >= 0.3 is 23.2 Å². The molecule has 0 aliphatic rings. The molecular weight excluding hydrogens is 550 g/mol. The average Bonchev–Trinajstić information content (AvgIpc) is 2.93. The second kappa shape index (κ2) is 12.2. The van der Waals surface area contributed by atoms with Crippen molar-refractivity contribution in [2.24, 2.45) is 0 Å². The number of amides is 1. The van der Waals surface area contributed by atoms with E-state index in [0.717, 1.165) is 22.8 Å². The van der Waals surface area contributed by atoms with Gasteiger partial charge in [-0.05, 0) is 50.6 Å². The van der Waals surface area contributed by atoms with Crippen molar-refractivity contribution in [2.75, 3.05) is 7.11 Å². The number of alkyl carbamates (subject to hydrolysis) is 1. The first-order valence-electron chi connectivity index (χ1n) is 13.0. The van der Waals surface area contributed by atoms with Crippen molar-refractivity contribution in [3.8, 4) is 11.4 Å². The predicted octanol–water partition coefficient (Wildman–Crippen LogP) is 3.76. The van der Waals surface area contributed by atoms with Crippen LogP contribution in [0.25, 0.3) is 5.69 Å². The van der Waals surface area contributed by atoms with Crippen LogP contribution in [-0.4, -0.2) is 32.5 Å². The van der Waals surface area contributed by atoms with Crippen LogP contribution in [0, 0.1) is 11.6 Å². The standard InChI is InChI=1S/C30H30F2N4O6/c1-30(2,3)42-26(37)33-25(19-10-6-5-7-11-19)18-35-27(38)34(17-22-23(31)14-9-15-24(22)32)28(39)36(29(35)40)20-12-8-13-21(16-20)41-4/h5-16,25H,17-18H2,1-4H3,(H,33,37)/t25-/m0/s1. The molecule has 1 atom stereocenters. The normalized spacial score (nSPS) is 12.0. The zero-order valence-electron chi connectivity index (χ0n) is 23.5. The molecule has 0 saturated heterocycles. The SMILES string of the molecule is COc1cccc(-n2c(=O)n(Cc3c(F)cccc3F)c(=O)n(C[C@H](NC(=O)OC(C)(C)C)c3ccccc3)c2=O)c1. The number of aromatic nitrogens is 3. The highest BCUT2D eigenvalue weighted by Crippen LogP contribution is 2.18. The molecule has 0 aliphatic heterocycles. The van der Waals surface area contributed by atoms with Crippen molar-refractivity contribution >= 4 is 6.09 Å². The van der Waals surface area contributed by atoms with E-state index in [4.69, 9.17) is 9.47 Å². The van der Waals surface area contributed by atoms with Crippen molar-refractivity contribution in [3.05, 3.63) is 127 Å². The van der Waals surface area contributed by atoms with Gasteiger partial charge in [0.25, 0.3) is 0 Å². The number of nitrogens with one attached hydrogen (secondary N) is 1. The van der Waals surface area contributed by atoms with E-state index in [2.05, 4.69) is 5.32 Å². The number of carbonyl (C=O) groups is 1. The fourth-order valence-electron chi connectivity index (χ4n) is 4.29. The van der Waals surface area contributed by atoms with Gasteiger partial charge in [0, 0.05) is 11.6 Å². The van der Waals surface area contributed by atoms with Crippen LogP contribution in [0.4, 0.5) is 13.6 Å². The van der Waals surface area contributed by atoms with Crippen LogP contribution in [0.3, 0.4) is 0 Å². The van der Waals surface area contributed by atoms with Gasteiger partial charge in [-0.3, -0.25) is 0 Å². The lowest BCUT2D eigenvalue weighted by Gasteiger charge is -2.24. The van der Waals surface area contributed by atoms with E-state index in [1.807, 2.05) is 0 Å². The molecule has 0 radical (unpaired) electrons. The molecule has 10 nitrogen and oxygen atoms in total. The fourth-order valence-corrected chi connectivity index (χ4v) is 4.29. The molecule has 4 rings (SSSR count). The summed E-state index contributed by atoms with van der Waals surface area (Å²) in [6.45, 7) is 3.80. The molecule has 4 aromatic rings. The number of carbonyl (C=O) groups excluding carboxylic acids is 1. The van der Waals surface area contributed by atoms with E-state index < -0.39 is 65.1 Å². The first-order valence-corrected chi connectivity index (χ1v) is 13.0. The molecule has 12 heteroatoms. The summed E-state index contributed by atoms with van der Waals surface area (Å²) in [7, 11) is 1.40. The van der Waals surface area contributed by atoms with E-state index in [1.54, 1.807) is 57.2 Å². The Morgan fingerprint density at radius 1 is 0.857 bits per heavy atom. The van der Waals surface area contributed by atoms with Crippen LogP contribution >= 0.6 is 0 Å². The third-order valence-corrected chi connectivity index (χ3v) is 6.25. The molecule has 0 saturated carbocycles. The second-order valence-corrected chi connectivity index (χ2v) is 10.4. The van der Waals surface area contributed by atoms with E-state index in [-0.39, 0.29) is 5.69 Å². The number of benzene rings is 3. The second-order valence-electron chi connectivity index (χ2n) is 10.4. The third kappa shape index (κ3) is 6.65. The smallest absolute Gasteiger partial charge is 0.408 e. The Hall–Kier alpha value is -5.00. The van der Waals surface area contributed by atoms with Crippen molar-refractivity contribution < 1.29 is 23.0 Å². The maximum absolute atomic E-state index is 14.6. The summed E-state index contributed by atoms with van der Waals surface area (Å²) >= 11 is 0. The summed E-state index contributed by atoms with van der Waals surface area (Å²) < 4.78 is 41.8. The molecule has 1 amide bonds. The number of nitrogens with zero attached hydrogens (tertiary/aromatic N) is 3. The molecule has 42 heavy (non-hydrogen) atoms. The third-order valence-electron chi connectivity index (χ3n) is 6.25. The number of halogens is 2. The van der Waals surface area contributed by atoms with Crippen LogP contribution in [-0.2, 0) is 17.8 Å². The van der Waals surface area contributed by atoms with Gasteiger partial charge in [0.15, 0.2) is 0 Å². The van der Waals surface area contributed by atoms with Crippen molar-refractivity contribution in [1.82, 2.24) is 19.0 Å². The van der Waals surface area contributed by atoms with Crippen molar-refractivity contribution in [1.29, 1.82) is 0 Å². The van der Waals surface area contributed by atoms with Gasteiger partial charge < -0.3 is 14.8 Å². The van der Waals surface area contributed by atoms with Gasteiger partial charge in [-0.1, -0.05) is 42.5 Å². The largest absolute Gasteiger partial charge is 0.497 e. The minimum absolute atomic E-state index is 0.0530. The van der Waals surface area contributed by atoms with Crippen LogP contribution in [0.1, 0.15) is 37.9 Å². The number of methoxy groups -OCH3 is 1. The maximum atomic E-state index is 14.6. The van der Waals surface area contributed by atoms with Crippen LogP contribution in [0.15, 0.2) is 87.2 Å². The van der Waals surface area contributed by atoms with E-state index in [0.29, 0.717) is 20.4 Å². The minimum atomic E-state index is -1.13. The zero-order valence-corrected chi connectivity index (χ0v) is 23.5. The van der Waals surface area contributed by atoms with Gasteiger partial charge in [-0.15, -0.1) is 0 Å². The molecule has 1 heterocycles. The molecular formula is C30H30F2N4O6. The Morgan fingerprint density at radius 3 is 2.10 bits per heavy atom. The van der Waals surface area contributed by atoms with E-state index in [9.17, 15) is 28.0 Å². The Bertz CT molecular complexity index is 1750. The quantitative estimate of drug-likeness (QED) is 0.340. The lowest BCUT2D eigenvalue weighted by atomic mass is 10.1. The summed E-state index contributed by atoms with van der Waals surface area (Å²) in [5.41, 5.74) is -4.07. The summed E-state index contributed by atoms with van der Waals surface area (Å²) in [5, 5.41) is 2.68. The van der Waals surface area contributed by atoms with Crippen molar-refractivity contribution in [2.45, 2.75) is 45.5 Å². The highest BCUT2D eigenvalue weighted by atomic mass is 19.1. The first kappa shape index (κ1) is 30.0. The monoisotopic (exact) mass is 580 g/mol. The molecule has 220 valence electrons. The number of hydrogen-bond acceptors (Lipinski definition) is 6. The number of ether oxygens (including phenoxy) is 2. The zero-order chi connectivity index (χ0) is 30.6. The van der Waals surface area contributed by atoms with Crippen LogP contribution in [0.5, 0.6) is 5.75 Å². The molecule has 1 aromatic heterocycles. The molecule has 0 fully saturated rings. The molecule has 0 unspecified atom stereocenters. The highest BCUT2D eigenvalue weighted by molar-refractivity contribution is 5.68. The maximum Gasteiger partial charge on any atom is 0.408 e. The molecule has 0 aliphatic carbocycles. The molecule has 0 spiro atoms. The predicted molar refractivity (Wildman–Crippen MR) is 151 cm³/mol. The Morgan fingerprint density at radius 2 is 1.48 bits per heavy atom. The van der Waals surface area contributed by atoms with Gasteiger partial charge in [0.1, 0.15) is 23.0 Å². The Labute approximate surface area is 239 Å². The lowest BCUT2D eigenvalue weighted by Crippen LogP contribution is -2.55.